The molecule has 2 rings (SSSR count). The Morgan fingerprint density at radius 2 is 2.38 bits per heavy atom. The van der Waals surface area contributed by atoms with Crippen LogP contribution in [0.3, 0.4) is 0 Å². The van der Waals surface area contributed by atoms with Gasteiger partial charge in [-0.2, -0.15) is 5.48 Å². The van der Waals surface area contributed by atoms with E-state index >= 15 is 0 Å². The van der Waals surface area contributed by atoms with Crippen molar-refractivity contribution in [3.63, 3.8) is 0 Å². The molecule has 2 aliphatic rings. The van der Waals surface area contributed by atoms with Crippen LogP contribution in [0, 0.1) is 0 Å². The van der Waals surface area contributed by atoms with E-state index in [9.17, 15) is 0 Å². The van der Waals surface area contributed by atoms with E-state index in [-0.39, 0.29) is 12.4 Å². The molecule has 1 saturated heterocycles. The van der Waals surface area contributed by atoms with Gasteiger partial charge in [0.25, 0.3) is 0 Å². The molecule has 3 N–H and O–H groups in total. The first-order valence-corrected chi connectivity index (χ1v) is 4.48. The van der Waals surface area contributed by atoms with Crippen molar-refractivity contribution in [2.24, 2.45) is 0 Å². The lowest BCUT2D eigenvalue weighted by molar-refractivity contribution is 0.126. The molecule has 2 heterocycles. The Morgan fingerprint density at radius 1 is 1.46 bits per heavy atom. The molecular weight excluding hydrogens is 190 g/mol. The maximum Gasteiger partial charge on any atom is 0.123 e. The van der Waals surface area contributed by atoms with Crippen LogP contribution in [0.15, 0.2) is 11.8 Å². The lowest BCUT2D eigenvalue weighted by Crippen LogP contribution is -2.48. The molecule has 13 heavy (non-hydrogen) atoms. The number of rotatable bonds is 2. The fourth-order valence-corrected chi connectivity index (χ4v) is 1.56. The van der Waals surface area contributed by atoms with Crippen LogP contribution in [0.5, 0.6) is 0 Å². The van der Waals surface area contributed by atoms with Crippen molar-refractivity contribution in [2.75, 3.05) is 26.2 Å². The summed E-state index contributed by atoms with van der Waals surface area (Å²) in [5.74, 6) is 1.07. The molecule has 1 unspecified atom stereocenters. The zero-order chi connectivity index (χ0) is 8.23. The van der Waals surface area contributed by atoms with Gasteiger partial charge in [0, 0.05) is 32.1 Å². The molecule has 0 aromatic heterocycles. The molecule has 5 heteroatoms. The fourth-order valence-electron chi connectivity index (χ4n) is 1.56. The number of nitrogens with one attached hydrogen (secondary N) is 3. The first kappa shape index (κ1) is 10.8. The van der Waals surface area contributed by atoms with Crippen molar-refractivity contribution in [1.82, 2.24) is 16.1 Å². The number of hydroxylamine groups is 1. The summed E-state index contributed by atoms with van der Waals surface area (Å²) < 4.78 is 0. The maximum absolute atomic E-state index is 5.20. The highest BCUT2D eigenvalue weighted by atomic mass is 35.5. The van der Waals surface area contributed by atoms with Crippen molar-refractivity contribution in [3.05, 3.63) is 11.8 Å². The lowest BCUT2D eigenvalue weighted by Gasteiger charge is -2.24. The van der Waals surface area contributed by atoms with Crippen molar-refractivity contribution < 1.29 is 4.84 Å². The highest BCUT2D eigenvalue weighted by Gasteiger charge is 2.16. The normalized spacial score (nSPS) is 27.4. The van der Waals surface area contributed by atoms with Gasteiger partial charge in [-0.05, 0) is 6.08 Å². The van der Waals surface area contributed by atoms with Gasteiger partial charge in [-0.25, -0.2) is 0 Å². The number of piperazine rings is 1. The van der Waals surface area contributed by atoms with E-state index in [1.165, 1.54) is 0 Å². The molecular formula is C8H16ClN3O. The minimum atomic E-state index is 0. The summed E-state index contributed by atoms with van der Waals surface area (Å²) in [5.41, 5.74) is 2.82. The predicted molar refractivity (Wildman–Crippen MR) is 53.7 cm³/mol. The third kappa shape index (κ3) is 3.15. The van der Waals surface area contributed by atoms with Crippen molar-refractivity contribution in [2.45, 2.75) is 12.5 Å². The van der Waals surface area contributed by atoms with E-state index in [1.807, 2.05) is 0 Å². The molecule has 76 valence electrons. The van der Waals surface area contributed by atoms with Gasteiger partial charge in [-0.3, -0.25) is 0 Å². The van der Waals surface area contributed by atoms with Crippen LogP contribution in [-0.4, -0.2) is 32.2 Å². The van der Waals surface area contributed by atoms with E-state index < -0.39 is 0 Å². The Hall–Kier alpha value is -0.290. The molecule has 0 radical (unpaired) electrons. The van der Waals surface area contributed by atoms with Crippen LogP contribution in [0.25, 0.3) is 0 Å². The van der Waals surface area contributed by atoms with E-state index in [2.05, 4.69) is 22.2 Å². The Bertz CT molecular complexity index is 180. The van der Waals surface area contributed by atoms with Gasteiger partial charge in [0.2, 0.25) is 0 Å². The lowest BCUT2D eigenvalue weighted by atomic mass is 10.1. The standard InChI is InChI=1S/C8H15N3O.ClH/c1-2-11-12-8(1)5-7-6-9-3-4-10-7;/h1,7,9-11H,2-6H2;1H. The van der Waals surface area contributed by atoms with E-state index in [4.69, 9.17) is 4.84 Å². The molecule has 0 aromatic carbocycles. The second kappa shape index (κ2) is 5.44. The van der Waals surface area contributed by atoms with Crippen molar-refractivity contribution in [3.8, 4) is 0 Å². The summed E-state index contributed by atoms with van der Waals surface area (Å²) >= 11 is 0. The third-order valence-electron chi connectivity index (χ3n) is 2.19. The van der Waals surface area contributed by atoms with Gasteiger partial charge in [0.1, 0.15) is 5.76 Å². The van der Waals surface area contributed by atoms with Crippen LogP contribution < -0.4 is 16.1 Å². The van der Waals surface area contributed by atoms with Crippen molar-refractivity contribution >= 4 is 12.4 Å². The minimum Gasteiger partial charge on any atom is -0.413 e. The van der Waals surface area contributed by atoms with Crippen LogP contribution in [-0.2, 0) is 4.84 Å². The van der Waals surface area contributed by atoms with Crippen LogP contribution >= 0.6 is 12.4 Å². The second-order valence-electron chi connectivity index (χ2n) is 3.18. The summed E-state index contributed by atoms with van der Waals surface area (Å²) in [5, 5.41) is 6.78. The Balaban J connectivity index is 0.000000845. The van der Waals surface area contributed by atoms with E-state index in [0.29, 0.717) is 6.04 Å². The third-order valence-corrected chi connectivity index (χ3v) is 2.19. The Kier molecular flexibility index (Phi) is 4.52. The fraction of sp³-hybridized carbons (Fsp3) is 0.750. The topological polar surface area (TPSA) is 45.3 Å². The molecule has 4 nitrogen and oxygen atoms in total. The molecule has 0 aromatic rings. The number of hydrogen-bond acceptors (Lipinski definition) is 4. The average molecular weight is 206 g/mol. The van der Waals surface area contributed by atoms with Gasteiger partial charge >= 0.3 is 0 Å². The Labute approximate surface area is 84.5 Å². The number of hydrogen-bond donors (Lipinski definition) is 3. The molecule has 0 bridgehead atoms. The zero-order valence-corrected chi connectivity index (χ0v) is 8.32. The van der Waals surface area contributed by atoms with Gasteiger partial charge < -0.3 is 15.5 Å². The predicted octanol–water partition coefficient (Wildman–Crippen LogP) is -0.222. The molecule has 0 spiro atoms. The Morgan fingerprint density at radius 3 is 3.00 bits per heavy atom. The SMILES string of the molecule is C1=C(CC2CNCCN2)ONC1.Cl. The quantitative estimate of drug-likeness (QED) is 0.584. The van der Waals surface area contributed by atoms with Crippen LogP contribution in [0.1, 0.15) is 6.42 Å². The zero-order valence-electron chi connectivity index (χ0n) is 7.51. The summed E-state index contributed by atoms with van der Waals surface area (Å²) in [7, 11) is 0. The van der Waals surface area contributed by atoms with E-state index in [0.717, 1.165) is 38.4 Å². The summed E-state index contributed by atoms with van der Waals surface area (Å²) in [6.45, 7) is 4.02. The summed E-state index contributed by atoms with van der Waals surface area (Å²) in [4.78, 5) is 5.20. The van der Waals surface area contributed by atoms with Gasteiger partial charge in [0.15, 0.2) is 0 Å². The van der Waals surface area contributed by atoms with Crippen LogP contribution in [0.4, 0.5) is 0 Å². The highest BCUT2D eigenvalue weighted by Crippen LogP contribution is 2.09. The molecule has 0 aliphatic carbocycles. The first-order valence-electron chi connectivity index (χ1n) is 4.48. The van der Waals surface area contributed by atoms with Crippen molar-refractivity contribution in [1.29, 1.82) is 0 Å². The van der Waals surface area contributed by atoms with Crippen LogP contribution in [0.2, 0.25) is 0 Å². The smallest absolute Gasteiger partial charge is 0.123 e. The number of halogens is 1. The van der Waals surface area contributed by atoms with Gasteiger partial charge in [-0.15, -0.1) is 12.4 Å². The van der Waals surface area contributed by atoms with E-state index in [1.54, 1.807) is 0 Å². The van der Waals surface area contributed by atoms with Gasteiger partial charge in [-0.1, -0.05) is 0 Å². The largest absolute Gasteiger partial charge is 0.413 e. The average Bonchev–Trinajstić information content (AvgIpc) is 2.59. The molecule has 1 atom stereocenters. The second-order valence-corrected chi connectivity index (χ2v) is 3.18. The summed E-state index contributed by atoms with van der Waals surface area (Å²) in [6.07, 6.45) is 3.08. The molecule has 1 fully saturated rings. The summed E-state index contributed by atoms with van der Waals surface area (Å²) in [6, 6.07) is 0.532. The maximum atomic E-state index is 5.20. The van der Waals surface area contributed by atoms with Gasteiger partial charge in [0.05, 0.1) is 6.54 Å². The highest BCUT2D eigenvalue weighted by molar-refractivity contribution is 5.85. The molecule has 0 saturated carbocycles. The molecule has 2 aliphatic heterocycles. The molecule has 0 amide bonds. The minimum absolute atomic E-state index is 0. The first-order chi connectivity index (χ1) is 5.95. The monoisotopic (exact) mass is 205 g/mol.